The number of carboxylic acid groups (broad SMARTS) is 1. The van der Waals surface area contributed by atoms with Crippen LogP contribution in [-0.4, -0.2) is 34.4 Å². The summed E-state index contributed by atoms with van der Waals surface area (Å²) in [6, 6.07) is -0.0918. The molecule has 1 amide bonds. The van der Waals surface area contributed by atoms with Gasteiger partial charge in [-0.25, -0.2) is 4.79 Å². The number of carbonyl (C=O) groups is 2. The molecular formula is C13H24N2O4. The third-order valence-corrected chi connectivity index (χ3v) is 3.39. The van der Waals surface area contributed by atoms with Crippen molar-refractivity contribution in [2.45, 2.75) is 64.1 Å². The zero-order chi connectivity index (χ0) is 14.8. The minimum atomic E-state index is -1.13. The van der Waals surface area contributed by atoms with E-state index in [0.717, 1.165) is 6.42 Å². The molecule has 1 unspecified atom stereocenters. The Morgan fingerprint density at radius 2 is 2.00 bits per heavy atom. The second-order valence-electron chi connectivity index (χ2n) is 6.29. The average molecular weight is 272 g/mol. The Morgan fingerprint density at radius 1 is 1.47 bits per heavy atom. The zero-order valence-electron chi connectivity index (χ0n) is 12.0. The first-order chi connectivity index (χ1) is 8.57. The lowest BCUT2D eigenvalue weighted by molar-refractivity contribution is -0.149. The smallest absolute Gasteiger partial charge is 0.407 e. The maximum atomic E-state index is 11.7. The minimum absolute atomic E-state index is 0.0918. The van der Waals surface area contributed by atoms with Crippen LogP contribution >= 0.6 is 0 Å². The van der Waals surface area contributed by atoms with Crippen molar-refractivity contribution in [1.29, 1.82) is 0 Å². The summed E-state index contributed by atoms with van der Waals surface area (Å²) < 4.78 is 5.19. The van der Waals surface area contributed by atoms with Crippen LogP contribution in [0.2, 0.25) is 0 Å². The largest absolute Gasteiger partial charge is 0.480 e. The molecule has 1 fully saturated rings. The normalized spacial score (nSPS) is 28.2. The van der Waals surface area contributed by atoms with Gasteiger partial charge in [-0.2, -0.15) is 0 Å². The van der Waals surface area contributed by atoms with Crippen LogP contribution in [0.3, 0.4) is 0 Å². The van der Waals surface area contributed by atoms with Gasteiger partial charge < -0.3 is 20.9 Å². The fourth-order valence-electron chi connectivity index (χ4n) is 2.35. The van der Waals surface area contributed by atoms with E-state index in [1.165, 1.54) is 0 Å². The topological polar surface area (TPSA) is 102 Å². The zero-order valence-corrected chi connectivity index (χ0v) is 12.0. The molecule has 0 aromatic carbocycles. The summed E-state index contributed by atoms with van der Waals surface area (Å²) in [7, 11) is 0. The molecule has 4 N–H and O–H groups in total. The van der Waals surface area contributed by atoms with Gasteiger partial charge in [0.2, 0.25) is 0 Å². The van der Waals surface area contributed by atoms with Gasteiger partial charge in [0.1, 0.15) is 11.1 Å². The number of alkyl carbamates (subject to hydrolysis) is 1. The van der Waals surface area contributed by atoms with Crippen LogP contribution in [0.15, 0.2) is 0 Å². The van der Waals surface area contributed by atoms with Crippen molar-refractivity contribution in [3.05, 3.63) is 0 Å². The second kappa shape index (κ2) is 5.36. The monoisotopic (exact) mass is 272 g/mol. The van der Waals surface area contributed by atoms with Crippen LogP contribution in [0.5, 0.6) is 0 Å². The molecule has 1 aliphatic carbocycles. The van der Waals surface area contributed by atoms with Gasteiger partial charge in [-0.3, -0.25) is 4.79 Å². The molecule has 0 bridgehead atoms. The van der Waals surface area contributed by atoms with Crippen molar-refractivity contribution >= 4 is 12.1 Å². The number of carbonyl (C=O) groups excluding carboxylic acids is 1. The first-order valence-corrected chi connectivity index (χ1v) is 6.59. The van der Waals surface area contributed by atoms with Gasteiger partial charge in [0.05, 0.1) is 0 Å². The predicted octanol–water partition coefficient (Wildman–Crippen LogP) is 1.48. The number of rotatable bonds is 4. The van der Waals surface area contributed by atoms with Crippen LogP contribution in [0.1, 0.15) is 47.0 Å². The molecule has 0 saturated heterocycles. The number of nitrogens with two attached hydrogens (primary N) is 1. The Labute approximate surface area is 113 Å². The Hall–Kier alpha value is -1.30. The lowest BCUT2D eigenvalue weighted by Crippen LogP contribution is -2.62. The molecular weight excluding hydrogens is 248 g/mol. The van der Waals surface area contributed by atoms with Crippen molar-refractivity contribution in [3.8, 4) is 0 Å². The summed E-state index contributed by atoms with van der Waals surface area (Å²) in [6.45, 7) is 7.34. The Bertz CT molecular complexity index is 356. The first-order valence-electron chi connectivity index (χ1n) is 6.59. The van der Waals surface area contributed by atoms with Gasteiger partial charge in [-0.1, -0.05) is 6.92 Å². The maximum absolute atomic E-state index is 11.7. The number of hydrogen-bond acceptors (Lipinski definition) is 4. The maximum Gasteiger partial charge on any atom is 0.407 e. The highest BCUT2D eigenvalue weighted by Crippen LogP contribution is 2.39. The highest BCUT2D eigenvalue weighted by atomic mass is 16.6. The van der Waals surface area contributed by atoms with Gasteiger partial charge in [-0.15, -0.1) is 0 Å². The molecule has 6 heteroatoms. The second-order valence-corrected chi connectivity index (χ2v) is 6.29. The lowest BCUT2D eigenvalue weighted by atomic mass is 9.65. The number of aliphatic carboxylic acids is 1. The quantitative estimate of drug-likeness (QED) is 0.719. The Kier molecular flexibility index (Phi) is 4.45. The minimum Gasteiger partial charge on any atom is -0.480 e. The fourth-order valence-corrected chi connectivity index (χ4v) is 2.35. The van der Waals surface area contributed by atoms with E-state index in [9.17, 15) is 9.59 Å². The Morgan fingerprint density at radius 3 is 2.37 bits per heavy atom. The number of carboxylic acids is 1. The first kappa shape index (κ1) is 15.8. The van der Waals surface area contributed by atoms with Crippen molar-refractivity contribution in [1.82, 2.24) is 5.32 Å². The predicted molar refractivity (Wildman–Crippen MR) is 70.7 cm³/mol. The van der Waals surface area contributed by atoms with E-state index in [4.69, 9.17) is 15.6 Å². The van der Waals surface area contributed by atoms with E-state index < -0.39 is 23.2 Å². The molecule has 0 heterocycles. The highest BCUT2D eigenvalue weighted by molar-refractivity contribution is 5.80. The molecule has 0 aromatic rings. The van der Waals surface area contributed by atoms with E-state index in [0.29, 0.717) is 12.8 Å². The molecule has 6 nitrogen and oxygen atoms in total. The Balaban J connectivity index is 2.49. The van der Waals surface area contributed by atoms with E-state index in [1.54, 1.807) is 20.8 Å². The molecule has 1 rings (SSSR count). The van der Waals surface area contributed by atoms with Crippen LogP contribution < -0.4 is 11.1 Å². The summed E-state index contributed by atoms with van der Waals surface area (Å²) in [5, 5.41) is 11.8. The summed E-state index contributed by atoms with van der Waals surface area (Å²) in [5.74, 6) is -0.880. The van der Waals surface area contributed by atoms with Crippen LogP contribution in [0, 0.1) is 5.92 Å². The highest BCUT2D eigenvalue weighted by Gasteiger charge is 2.49. The molecule has 0 aliphatic heterocycles. The molecule has 19 heavy (non-hydrogen) atoms. The van der Waals surface area contributed by atoms with E-state index in [1.807, 2.05) is 6.92 Å². The van der Waals surface area contributed by atoms with E-state index >= 15 is 0 Å². The van der Waals surface area contributed by atoms with E-state index in [2.05, 4.69) is 5.32 Å². The molecule has 1 atom stereocenters. The molecule has 0 aromatic heterocycles. The summed E-state index contributed by atoms with van der Waals surface area (Å²) >= 11 is 0. The third kappa shape index (κ3) is 4.09. The standard InChI is InChI=1S/C13H24N2O4/c1-5-9(15-11(18)19-12(2,3)4)8-6-13(14,7-8)10(16)17/h8-9H,5-7,14H2,1-4H3,(H,15,18)(H,16,17). The van der Waals surface area contributed by atoms with Crippen LogP contribution in [0.4, 0.5) is 4.79 Å². The van der Waals surface area contributed by atoms with Gasteiger partial charge >= 0.3 is 12.1 Å². The summed E-state index contributed by atoms with van der Waals surface area (Å²) in [6.07, 6.45) is 1.02. The SMILES string of the molecule is CCC(NC(=O)OC(C)(C)C)C1CC(N)(C(=O)O)C1. The fraction of sp³-hybridized carbons (Fsp3) is 0.846. The average Bonchev–Trinajstić information content (AvgIpc) is 2.18. The van der Waals surface area contributed by atoms with Gasteiger partial charge in [0.15, 0.2) is 0 Å². The van der Waals surface area contributed by atoms with Crippen molar-refractivity contribution in [2.24, 2.45) is 11.7 Å². The van der Waals surface area contributed by atoms with Gasteiger partial charge in [0.25, 0.3) is 0 Å². The van der Waals surface area contributed by atoms with Crippen molar-refractivity contribution in [3.63, 3.8) is 0 Å². The van der Waals surface area contributed by atoms with Crippen LogP contribution in [0.25, 0.3) is 0 Å². The van der Waals surface area contributed by atoms with Crippen LogP contribution in [-0.2, 0) is 9.53 Å². The number of amides is 1. The number of ether oxygens (including phenoxy) is 1. The molecule has 1 saturated carbocycles. The molecule has 0 radical (unpaired) electrons. The summed E-state index contributed by atoms with van der Waals surface area (Å²) in [4.78, 5) is 22.6. The van der Waals surface area contributed by atoms with Gasteiger partial charge in [-0.05, 0) is 46.0 Å². The molecule has 1 aliphatic rings. The number of nitrogens with one attached hydrogen (secondary N) is 1. The summed E-state index contributed by atoms with van der Waals surface area (Å²) in [5.41, 5.74) is 4.05. The lowest BCUT2D eigenvalue weighted by Gasteiger charge is -2.45. The molecule has 0 spiro atoms. The third-order valence-electron chi connectivity index (χ3n) is 3.39. The van der Waals surface area contributed by atoms with E-state index in [-0.39, 0.29) is 12.0 Å². The number of hydrogen-bond donors (Lipinski definition) is 3. The van der Waals surface area contributed by atoms with Crippen molar-refractivity contribution < 1.29 is 19.4 Å². The molecule has 110 valence electrons. The van der Waals surface area contributed by atoms with Gasteiger partial charge in [0, 0.05) is 6.04 Å². The van der Waals surface area contributed by atoms with Crippen molar-refractivity contribution in [2.75, 3.05) is 0 Å².